The van der Waals surface area contributed by atoms with Gasteiger partial charge in [-0.1, -0.05) is 36.4 Å². The van der Waals surface area contributed by atoms with Crippen molar-refractivity contribution in [2.24, 2.45) is 0 Å². The van der Waals surface area contributed by atoms with E-state index in [1.165, 1.54) is 4.90 Å². The molecule has 1 unspecified atom stereocenters. The van der Waals surface area contributed by atoms with E-state index in [1.807, 2.05) is 0 Å². The van der Waals surface area contributed by atoms with Gasteiger partial charge in [-0.2, -0.15) is 9.78 Å². The number of rotatable bonds is 3. The summed E-state index contributed by atoms with van der Waals surface area (Å²) in [5.74, 6) is -1.25. The van der Waals surface area contributed by atoms with Crippen molar-refractivity contribution in [1.29, 1.82) is 0 Å². The third-order valence-corrected chi connectivity index (χ3v) is 5.89. The molecule has 2 aliphatic heterocycles. The molecule has 1 atom stereocenters. The molecule has 1 aromatic heterocycles. The zero-order valence-electron chi connectivity index (χ0n) is 17.1. The number of carbonyl (C=O) groups is 3. The number of aromatic nitrogens is 2. The second-order valence-electron chi connectivity index (χ2n) is 7.92. The fourth-order valence-corrected chi connectivity index (χ4v) is 4.37. The van der Waals surface area contributed by atoms with Crippen LogP contribution in [-0.2, 0) is 22.4 Å². The Morgan fingerprint density at radius 3 is 2.42 bits per heavy atom. The van der Waals surface area contributed by atoms with Crippen molar-refractivity contribution < 1.29 is 27.6 Å². The number of alkyl halides is 3. The fourth-order valence-electron chi connectivity index (χ4n) is 4.37. The average Bonchev–Trinajstić information content (AvgIpc) is 3.36. The van der Waals surface area contributed by atoms with Crippen LogP contribution in [0.1, 0.15) is 28.8 Å². The normalized spacial score (nSPS) is 18.5. The molecule has 7 nitrogen and oxygen atoms in total. The quantitative estimate of drug-likeness (QED) is 0.615. The third-order valence-electron chi connectivity index (χ3n) is 5.89. The van der Waals surface area contributed by atoms with Gasteiger partial charge in [0.25, 0.3) is 5.91 Å². The van der Waals surface area contributed by atoms with Gasteiger partial charge in [0.1, 0.15) is 6.04 Å². The van der Waals surface area contributed by atoms with E-state index in [4.69, 9.17) is 0 Å². The lowest BCUT2D eigenvalue weighted by molar-refractivity contribution is -0.211. The lowest BCUT2D eigenvalue weighted by Gasteiger charge is -2.29. The topological polar surface area (TPSA) is 84.3 Å². The van der Waals surface area contributed by atoms with Crippen LogP contribution in [0.2, 0.25) is 0 Å². The molecule has 3 amide bonds. The summed E-state index contributed by atoms with van der Waals surface area (Å²) >= 11 is 0. The van der Waals surface area contributed by atoms with Crippen LogP contribution in [0.3, 0.4) is 0 Å². The number of amides is 3. The predicted molar refractivity (Wildman–Crippen MR) is 110 cm³/mol. The van der Waals surface area contributed by atoms with Gasteiger partial charge in [-0.15, -0.1) is 13.2 Å². The number of hydrogen-bond acceptors (Lipinski definition) is 4. The van der Waals surface area contributed by atoms with Gasteiger partial charge in [0, 0.05) is 29.7 Å². The molecular weight excluding hydrogens is 437 g/mol. The first-order chi connectivity index (χ1) is 15.7. The Morgan fingerprint density at radius 2 is 1.73 bits per heavy atom. The zero-order chi connectivity index (χ0) is 23.3. The molecule has 1 N–H and O–H groups in total. The summed E-state index contributed by atoms with van der Waals surface area (Å²) < 4.78 is 41.0. The molecule has 10 heteroatoms. The summed E-state index contributed by atoms with van der Waals surface area (Å²) in [5, 5.41) is 5.83. The van der Waals surface area contributed by atoms with Gasteiger partial charge in [-0.25, -0.2) is 0 Å². The smallest absolute Gasteiger partial charge is 0.322 e. The Hall–Kier alpha value is -3.95. The minimum atomic E-state index is -4.71. The maximum Gasteiger partial charge on any atom is 0.505 e. The molecule has 5 rings (SSSR count). The number of piperidine rings is 1. The van der Waals surface area contributed by atoms with E-state index in [0.29, 0.717) is 22.3 Å². The number of benzene rings is 2. The molecule has 2 aliphatic rings. The van der Waals surface area contributed by atoms with Crippen LogP contribution in [0, 0.1) is 0 Å². The summed E-state index contributed by atoms with van der Waals surface area (Å²) in [6.45, 7) is 0.127. The van der Waals surface area contributed by atoms with Crippen LogP contribution in [0.25, 0.3) is 22.4 Å². The van der Waals surface area contributed by atoms with Gasteiger partial charge in [0.05, 0.1) is 11.9 Å². The lowest BCUT2D eigenvalue weighted by Crippen LogP contribution is -2.52. The average molecular weight is 454 g/mol. The minimum Gasteiger partial charge on any atom is -0.322 e. The molecule has 0 saturated carbocycles. The molecule has 0 radical (unpaired) electrons. The Bertz CT molecular complexity index is 1280. The number of hydrogen-bond donors (Lipinski definition) is 1. The number of nitrogens with one attached hydrogen (secondary N) is 1. The lowest BCUT2D eigenvalue weighted by atomic mass is 9.98. The second-order valence-corrected chi connectivity index (χ2v) is 7.92. The summed E-state index contributed by atoms with van der Waals surface area (Å²) in [5.41, 5.74) is 1.97. The van der Waals surface area contributed by atoms with Crippen molar-refractivity contribution in [2.45, 2.75) is 31.7 Å². The summed E-state index contributed by atoms with van der Waals surface area (Å²) in [6, 6.07) is 12.2. The first-order valence-electron chi connectivity index (χ1n) is 10.2. The molecule has 3 aromatic rings. The van der Waals surface area contributed by atoms with Crippen molar-refractivity contribution in [3.63, 3.8) is 0 Å². The maximum atomic E-state index is 13.6. The molecule has 2 aromatic carbocycles. The number of fused-ring (bicyclic) bond motifs is 1. The minimum absolute atomic E-state index is 0.0335. The Morgan fingerprint density at radius 1 is 0.970 bits per heavy atom. The standard InChI is InChI=1S/C23H17F3N4O3/c24-23(25,26)30-20(13-4-2-1-3-5-13)17(11-27-30)14-6-7-16-15(10-14)12-29(22(16)33)18-8-9-19(31)28-21(18)32/h1-7,10-11,18H,8-9,12H2,(H,28,31,32). The van der Waals surface area contributed by atoms with Crippen LogP contribution in [0.5, 0.6) is 0 Å². The highest BCUT2D eigenvalue weighted by molar-refractivity contribution is 6.05. The van der Waals surface area contributed by atoms with Gasteiger partial charge in [0.2, 0.25) is 11.8 Å². The molecule has 168 valence electrons. The van der Waals surface area contributed by atoms with E-state index in [0.717, 1.165) is 6.20 Å². The fraction of sp³-hybridized carbons (Fsp3) is 0.217. The molecule has 1 saturated heterocycles. The predicted octanol–water partition coefficient (Wildman–Crippen LogP) is 3.45. The van der Waals surface area contributed by atoms with E-state index in [-0.39, 0.29) is 47.1 Å². The van der Waals surface area contributed by atoms with Crippen LogP contribution in [0.15, 0.2) is 54.7 Å². The van der Waals surface area contributed by atoms with Crippen molar-refractivity contribution in [3.05, 3.63) is 65.9 Å². The highest BCUT2D eigenvalue weighted by Gasteiger charge is 2.40. The molecule has 3 heterocycles. The van der Waals surface area contributed by atoms with E-state index < -0.39 is 18.2 Å². The SMILES string of the molecule is O=C1CCC(N2Cc3cc(-c4cnn(C(F)(F)F)c4-c4ccccc4)ccc3C2=O)C(=O)N1. The van der Waals surface area contributed by atoms with E-state index in [1.54, 1.807) is 48.5 Å². The Balaban J connectivity index is 1.54. The second kappa shape index (κ2) is 7.58. The Labute approximate surface area is 185 Å². The zero-order valence-corrected chi connectivity index (χ0v) is 17.1. The number of halogens is 3. The van der Waals surface area contributed by atoms with Crippen molar-refractivity contribution in [1.82, 2.24) is 20.0 Å². The number of carbonyl (C=O) groups excluding carboxylic acids is 3. The summed E-state index contributed by atoms with van der Waals surface area (Å²) in [4.78, 5) is 38.0. The van der Waals surface area contributed by atoms with Gasteiger partial charge in [-0.3, -0.25) is 19.7 Å². The largest absolute Gasteiger partial charge is 0.505 e. The van der Waals surface area contributed by atoms with Gasteiger partial charge >= 0.3 is 6.30 Å². The maximum absolute atomic E-state index is 13.6. The first kappa shape index (κ1) is 20.9. The van der Waals surface area contributed by atoms with E-state index >= 15 is 0 Å². The number of imide groups is 1. The van der Waals surface area contributed by atoms with Crippen molar-refractivity contribution in [2.75, 3.05) is 0 Å². The molecular formula is C23H17F3N4O3. The molecule has 0 spiro atoms. The van der Waals surface area contributed by atoms with Crippen molar-refractivity contribution in [3.8, 4) is 22.4 Å². The van der Waals surface area contributed by atoms with Gasteiger partial charge in [0.15, 0.2) is 0 Å². The van der Waals surface area contributed by atoms with Crippen molar-refractivity contribution >= 4 is 17.7 Å². The monoisotopic (exact) mass is 454 g/mol. The third kappa shape index (κ3) is 3.57. The highest BCUT2D eigenvalue weighted by Crippen LogP contribution is 2.39. The van der Waals surface area contributed by atoms with Gasteiger partial charge < -0.3 is 4.90 Å². The molecule has 0 aliphatic carbocycles. The molecule has 33 heavy (non-hydrogen) atoms. The Kier molecular flexibility index (Phi) is 4.80. The van der Waals surface area contributed by atoms with E-state index in [9.17, 15) is 27.6 Å². The highest BCUT2D eigenvalue weighted by atomic mass is 19.4. The van der Waals surface area contributed by atoms with Crippen LogP contribution in [-0.4, -0.2) is 38.4 Å². The van der Waals surface area contributed by atoms with Crippen LogP contribution >= 0.6 is 0 Å². The number of nitrogens with zero attached hydrogens (tertiary/aromatic N) is 3. The van der Waals surface area contributed by atoms with E-state index in [2.05, 4.69) is 10.4 Å². The van der Waals surface area contributed by atoms with Crippen LogP contribution in [0.4, 0.5) is 13.2 Å². The first-order valence-corrected chi connectivity index (χ1v) is 10.2. The summed E-state index contributed by atoms with van der Waals surface area (Å²) in [7, 11) is 0. The van der Waals surface area contributed by atoms with Crippen LogP contribution < -0.4 is 5.32 Å². The molecule has 0 bridgehead atoms. The summed E-state index contributed by atoms with van der Waals surface area (Å²) in [6.07, 6.45) is -3.18. The molecule has 1 fully saturated rings. The van der Waals surface area contributed by atoms with Gasteiger partial charge in [-0.05, 0) is 29.7 Å².